The minimum Gasteiger partial charge on any atom is -0.258 e. The predicted octanol–water partition coefficient (Wildman–Crippen LogP) is 3.68. The number of benzene rings is 1. The van der Waals surface area contributed by atoms with Gasteiger partial charge >= 0.3 is 0 Å². The fourth-order valence-electron chi connectivity index (χ4n) is 1.27. The minimum absolute atomic E-state index is 0.0940. The maximum atomic E-state index is 10.7. The van der Waals surface area contributed by atoms with Crippen LogP contribution in [0.1, 0.15) is 5.56 Å². The molecule has 0 amide bonds. The Balaban J connectivity index is 2.33. The van der Waals surface area contributed by atoms with Gasteiger partial charge in [0.15, 0.2) is 0 Å². The third-order valence-electron chi connectivity index (χ3n) is 2.00. The maximum Gasteiger partial charge on any atom is 0.287 e. The van der Waals surface area contributed by atoms with E-state index in [1.807, 2.05) is 23.6 Å². The van der Waals surface area contributed by atoms with Crippen molar-refractivity contribution in [1.82, 2.24) is 0 Å². The van der Waals surface area contributed by atoms with Gasteiger partial charge in [0.2, 0.25) is 0 Å². The van der Waals surface area contributed by atoms with E-state index in [4.69, 9.17) is 5.26 Å². The Morgan fingerprint density at radius 2 is 2.24 bits per heavy atom. The molecular formula is C11H6N2O2S2. The van der Waals surface area contributed by atoms with Gasteiger partial charge in [0.25, 0.3) is 5.69 Å². The van der Waals surface area contributed by atoms with E-state index in [9.17, 15) is 10.1 Å². The lowest BCUT2D eigenvalue weighted by Crippen LogP contribution is -1.91. The van der Waals surface area contributed by atoms with Gasteiger partial charge in [-0.2, -0.15) is 5.26 Å². The fraction of sp³-hybridized carbons (Fsp3) is 0. The Hall–Kier alpha value is -1.84. The Morgan fingerprint density at radius 3 is 2.82 bits per heavy atom. The summed E-state index contributed by atoms with van der Waals surface area (Å²) in [6.07, 6.45) is 0. The lowest BCUT2D eigenvalue weighted by atomic mass is 10.2. The number of nitro benzene ring substituents is 1. The van der Waals surface area contributed by atoms with E-state index >= 15 is 0 Å². The van der Waals surface area contributed by atoms with Gasteiger partial charge in [0, 0.05) is 11.0 Å². The summed E-state index contributed by atoms with van der Waals surface area (Å²) in [6, 6.07) is 10.3. The highest BCUT2D eigenvalue weighted by Crippen LogP contribution is 2.33. The van der Waals surface area contributed by atoms with Crippen molar-refractivity contribution in [3.63, 3.8) is 0 Å². The maximum absolute atomic E-state index is 10.7. The first-order valence-corrected chi connectivity index (χ1v) is 6.30. The van der Waals surface area contributed by atoms with Crippen LogP contribution in [-0.2, 0) is 0 Å². The average molecular weight is 262 g/mol. The molecule has 2 aromatic rings. The summed E-state index contributed by atoms with van der Waals surface area (Å²) >= 11 is 3.08. The van der Waals surface area contributed by atoms with Crippen molar-refractivity contribution < 1.29 is 4.92 Å². The predicted molar refractivity (Wildman–Crippen MR) is 66.3 cm³/mol. The second-order valence-electron chi connectivity index (χ2n) is 3.08. The van der Waals surface area contributed by atoms with E-state index in [1.54, 1.807) is 23.5 Å². The molecule has 1 aromatic heterocycles. The molecule has 0 aliphatic rings. The second-order valence-corrected chi connectivity index (χ2v) is 5.40. The Labute approximate surface area is 106 Å². The van der Waals surface area contributed by atoms with Gasteiger partial charge < -0.3 is 0 Å². The fourth-order valence-corrected chi connectivity index (χ4v) is 3.05. The molecule has 0 aliphatic carbocycles. The van der Waals surface area contributed by atoms with E-state index in [0.717, 1.165) is 9.10 Å². The highest BCUT2D eigenvalue weighted by atomic mass is 32.2. The topological polar surface area (TPSA) is 66.9 Å². The van der Waals surface area contributed by atoms with Gasteiger partial charge in [0.1, 0.15) is 11.6 Å². The van der Waals surface area contributed by atoms with Crippen molar-refractivity contribution >= 4 is 28.8 Å². The molecule has 0 atom stereocenters. The van der Waals surface area contributed by atoms with Crippen LogP contribution >= 0.6 is 23.1 Å². The molecule has 0 N–H and O–H groups in total. The summed E-state index contributed by atoms with van der Waals surface area (Å²) in [5.41, 5.74) is -0.0559. The normalized spacial score (nSPS) is 9.82. The Bertz CT molecular complexity index is 588. The van der Waals surface area contributed by atoms with Crippen molar-refractivity contribution in [2.45, 2.75) is 9.10 Å². The molecule has 1 aromatic carbocycles. The molecule has 0 saturated heterocycles. The van der Waals surface area contributed by atoms with Crippen molar-refractivity contribution in [3.05, 3.63) is 51.4 Å². The quantitative estimate of drug-likeness (QED) is 0.625. The van der Waals surface area contributed by atoms with Crippen LogP contribution in [0.3, 0.4) is 0 Å². The van der Waals surface area contributed by atoms with E-state index in [0.29, 0.717) is 0 Å². The first-order chi connectivity index (χ1) is 8.20. The zero-order valence-electron chi connectivity index (χ0n) is 8.49. The van der Waals surface area contributed by atoms with Crippen LogP contribution in [0, 0.1) is 21.4 Å². The van der Waals surface area contributed by atoms with Crippen molar-refractivity contribution in [2.75, 3.05) is 0 Å². The van der Waals surface area contributed by atoms with Gasteiger partial charge in [-0.25, -0.2) is 0 Å². The van der Waals surface area contributed by atoms with Crippen molar-refractivity contribution in [1.29, 1.82) is 5.26 Å². The molecule has 84 valence electrons. The number of hydrogen-bond acceptors (Lipinski definition) is 5. The van der Waals surface area contributed by atoms with Gasteiger partial charge in [-0.05, 0) is 23.6 Å². The Kier molecular flexibility index (Phi) is 3.42. The number of nitro groups is 1. The van der Waals surface area contributed by atoms with Crippen LogP contribution in [0.2, 0.25) is 0 Å². The standard InChI is InChI=1S/C11H6N2O2S2/c12-7-8-6-9(3-4-10(8)13(14)15)17-11-2-1-5-16-11/h1-6H. The zero-order valence-corrected chi connectivity index (χ0v) is 10.1. The smallest absolute Gasteiger partial charge is 0.258 e. The molecule has 4 nitrogen and oxygen atoms in total. The molecule has 0 aliphatic heterocycles. The molecule has 6 heteroatoms. The number of thiophene rings is 1. The highest BCUT2D eigenvalue weighted by molar-refractivity contribution is 8.01. The van der Waals surface area contributed by atoms with Crippen LogP contribution in [0.5, 0.6) is 0 Å². The number of rotatable bonds is 3. The van der Waals surface area contributed by atoms with E-state index < -0.39 is 4.92 Å². The van der Waals surface area contributed by atoms with E-state index in [-0.39, 0.29) is 11.3 Å². The minimum atomic E-state index is -0.544. The van der Waals surface area contributed by atoms with Gasteiger partial charge in [-0.1, -0.05) is 17.8 Å². The van der Waals surface area contributed by atoms with Crippen LogP contribution in [0.25, 0.3) is 0 Å². The van der Waals surface area contributed by atoms with Crippen LogP contribution in [-0.4, -0.2) is 4.92 Å². The summed E-state index contributed by atoms with van der Waals surface area (Å²) in [5, 5.41) is 21.5. The molecule has 0 bridgehead atoms. The molecular weight excluding hydrogens is 256 g/mol. The second kappa shape index (κ2) is 4.99. The average Bonchev–Trinajstić information content (AvgIpc) is 2.81. The summed E-state index contributed by atoms with van der Waals surface area (Å²) in [7, 11) is 0. The van der Waals surface area contributed by atoms with E-state index in [2.05, 4.69) is 0 Å². The number of hydrogen-bond donors (Lipinski definition) is 0. The number of nitriles is 1. The summed E-state index contributed by atoms with van der Waals surface area (Å²) in [6.45, 7) is 0. The van der Waals surface area contributed by atoms with Gasteiger partial charge in [0.05, 0.1) is 9.13 Å². The molecule has 0 fully saturated rings. The monoisotopic (exact) mass is 262 g/mol. The SMILES string of the molecule is N#Cc1cc(Sc2cccs2)ccc1[N+](=O)[O-]. The first kappa shape index (κ1) is 11.6. The van der Waals surface area contributed by atoms with Crippen molar-refractivity contribution in [2.24, 2.45) is 0 Å². The molecule has 0 radical (unpaired) electrons. The van der Waals surface area contributed by atoms with E-state index in [1.165, 1.54) is 17.8 Å². The lowest BCUT2D eigenvalue weighted by Gasteiger charge is -1.99. The van der Waals surface area contributed by atoms with Crippen LogP contribution in [0.4, 0.5) is 5.69 Å². The molecule has 0 unspecified atom stereocenters. The Morgan fingerprint density at radius 1 is 1.41 bits per heavy atom. The summed E-state index contributed by atoms with van der Waals surface area (Å²) in [5.74, 6) is 0. The zero-order chi connectivity index (χ0) is 12.3. The summed E-state index contributed by atoms with van der Waals surface area (Å²) in [4.78, 5) is 10.9. The number of nitrogens with zero attached hydrogens (tertiary/aromatic N) is 2. The van der Waals surface area contributed by atoms with Crippen LogP contribution < -0.4 is 0 Å². The molecule has 1 heterocycles. The molecule has 0 spiro atoms. The molecule has 17 heavy (non-hydrogen) atoms. The third kappa shape index (κ3) is 2.64. The van der Waals surface area contributed by atoms with Crippen LogP contribution in [0.15, 0.2) is 44.8 Å². The van der Waals surface area contributed by atoms with Gasteiger partial charge in [-0.3, -0.25) is 10.1 Å². The molecule has 2 rings (SSSR count). The first-order valence-electron chi connectivity index (χ1n) is 4.60. The third-order valence-corrected chi connectivity index (χ3v) is 4.03. The van der Waals surface area contributed by atoms with Crippen molar-refractivity contribution in [3.8, 4) is 6.07 Å². The van der Waals surface area contributed by atoms with Gasteiger partial charge in [-0.15, -0.1) is 11.3 Å². The lowest BCUT2D eigenvalue weighted by molar-refractivity contribution is -0.385. The summed E-state index contributed by atoms with van der Waals surface area (Å²) < 4.78 is 1.09. The molecule has 0 saturated carbocycles. The largest absolute Gasteiger partial charge is 0.287 e. The highest BCUT2D eigenvalue weighted by Gasteiger charge is 2.14.